The average molecular weight is 237 g/mol. The lowest BCUT2D eigenvalue weighted by Gasteiger charge is -2.16. The Labute approximate surface area is 101 Å². The zero-order valence-corrected chi connectivity index (χ0v) is 10.1. The first kappa shape index (κ1) is 13.6. The minimum atomic E-state index is -0.0917. The van der Waals surface area contributed by atoms with E-state index in [-0.39, 0.29) is 12.5 Å². The molecule has 0 bridgehead atoms. The van der Waals surface area contributed by atoms with E-state index in [4.69, 9.17) is 10.6 Å². The molecule has 17 heavy (non-hydrogen) atoms. The number of nitrogens with zero attached hydrogens (tertiary/aromatic N) is 1. The predicted molar refractivity (Wildman–Crippen MR) is 65.9 cm³/mol. The molecule has 0 saturated heterocycles. The molecule has 5 heteroatoms. The van der Waals surface area contributed by atoms with Crippen molar-refractivity contribution in [3.8, 4) is 0 Å². The lowest BCUT2D eigenvalue weighted by Crippen LogP contribution is -2.37. The maximum atomic E-state index is 11.3. The third kappa shape index (κ3) is 6.01. The molecule has 3 N–H and O–H groups in total. The summed E-state index contributed by atoms with van der Waals surface area (Å²) in [4.78, 5) is 16.8. The van der Waals surface area contributed by atoms with E-state index in [1.54, 1.807) is 7.05 Å². The van der Waals surface area contributed by atoms with Crippen LogP contribution in [-0.2, 0) is 16.2 Å². The van der Waals surface area contributed by atoms with Crippen molar-refractivity contribution >= 4 is 5.91 Å². The van der Waals surface area contributed by atoms with Crippen LogP contribution in [0.5, 0.6) is 0 Å². The van der Waals surface area contributed by atoms with Crippen molar-refractivity contribution in [2.24, 2.45) is 5.73 Å². The van der Waals surface area contributed by atoms with Crippen LogP contribution in [0.3, 0.4) is 0 Å². The fraction of sp³-hybridized carbons (Fsp3) is 0.417. The van der Waals surface area contributed by atoms with E-state index in [1.165, 1.54) is 5.06 Å². The molecule has 1 aromatic carbocycles. The van der Waals surface area contributed by atoms with Crippen LogP contribution in [0, 0.1) is 0 Å². The van der Waals surface area contributed by atoms with Crippen LogP contribution in [0.15, 0.2) is 30.3 Å². The van der Waals surface area contributed by atoms with Crippen LogP contribution in [0.4, 0.5) is 0 Å². The van der Waals surface area contributed by atoms with Gasteiger partial charge in [-0.05, 0) is 5.56 Å². The quantitative estimate of drug-likeness (QED) is 0.661. The summed E-state index contributed by atoms with van der Waals surface area (Å²) in [5.41, 5.74) is 6.35. The highest BCUT2D eigenvalue weighted by atomic mass is 16.7. The molecule has 0 radical (unpaired) electrons. The Morgan fingerprint density at radius 2 is 2.12 bits per heavy atom. The number of nitrogens with one attached hydrogen (secondary N) is 1. The first-order valence-corrected chi connectivity index (χ1v) is 5.57. The lowest BCUT2D eigenvalue weighted by molar-refractivity contribution is -0.161. The van der Waals surface area contributed by atoms with E-state index in [2.05, 4.69) is 5.32 Å². The minimum absolute atomic E-state index is 0.0917. The minimum Gasteiger partial charge on any atom is -0.354 e. The fourth-order valence-electron chi connectivity index (χ4n) is 1.27. The topological polar surface area (TPSA) is 67.6 Å². The van der Waals surface area contributed by atoms with Crippen molar-refractivity contribution in [2.45, 2.75) is 6.61 Å². The number of hydrogen-bond acceptors (Lipinski definition) is 4. The highest BCUT2D eigenvalue weighted by molar-refractivity contribution is 5.77. The van der Waals surface area contributed by atoms with E-state index < -0.39 is 0 Å². The van der Waals surface area contributed by atoms with Crippen LogP contribution in [-0.4, -0.2) is 37.7 Å². The molecular weight excluding hydrogens is 218 g/mol. The largest absolute Gasteiger partial charge is 0.354 e. The molecule has 0 unspecified atom stereocenters. The molecule has 0 atom stereocenters. The second-order valence-electron chi connectivity index (χ2n) is 3.68. The second-order valence-corrected chi connectivity index (χ2v) is 3.68. The average Bonchev–Trinajstić information content (AvgIpc) is 2.35. The Morgan fingerprint density at radius 1 is 1.41 bits per heavy atom. The zero-order chi connectivity index (χ0) is 12.5. The van der Waals surface area contributed by atoms with E-state index in [0.717, 1.165) is 5.56 Å². The molecule has 0 aliphatic heterocycles. The van der Waals surface area contributed by atoms with Gasteiger partial charge in [-0.3, -0.25) is 9.63 Å². The van der Waals surface area contributed by atoms with Gasteiger partial charge in [-0.15, -0.1) is 0 Å². The normalized spacial score (nSPS) is 10.5. The number of hydrogen-bond donors (Lipinski definition) is 2. The van der Waals surface area contributed by atoms with Crippen LogP contribution < -0.4 is 11.1 Å². The van der Waals surface area contributed by atoms with Gasteiger partial charge in [-0.25, -0.2) is 0 Å². The summed E-state index contributed by atoms with van der Waals surface area (Å²) < 4.78 is 0. The molecule has 0 aromatic heterocycles. The summed E-state index contributed by atoms with van der Waals surface area (Å²) in [6.45, 7) is 1.60. The summed E-state index contributed by atoms with van der Waals surface area (Å²) in [6.07, 6.45) is 0. The molecule has 0 saturated carbocycles. The Bertz CT molecular complexity index is 330. The molecule has 1 amide bonds. The van der Waals surface area contributed by atoms with Gasteiger partial charge in [0, 0.05) is 20.1 Å². The zero-order valence-electron chi connectivity index (χ0n) is 10.1. The summed E-state index contributed by atoms with van der Waals surface area (Å²) in [5, 5.41) is 4.19. The van der Waals surface area contributed by atoms with E-state index in [0.29, 0.717) is 19.7 Å². The van der Waals surface area contributed by atoms with Crippen LogP contribution in [0.2, 0.25) is 0 Å². The Hall–Kier alpha value is -1.43. The summed E-state index contributed by atoms with van der Waals surface area (Å²) >= 11 is 0. The SMILES string of the molecule is CN(CC(=O)NCCN)OCc1ccccc1. The monoisotopic (exact) mass is 237 g/mol. The molecule has 0 fully saturated rings. The number of nitrogens with two attached hydrogens (primary N) is 1. The van der Waals surface area contributed by atoms with Gasteiger partial charge in [0.2, 0.25) is 5.91 Å². The van der Waals surface area contributed by atoms with E-state index in [9.17, 15) is 4.79 Å². The number of rotatable bonds is 7. The molecule has 0 heterocycles. The first-order valence-electron chi connectivity index (χ1n) is 5.57. The molecule has 1 rings (SSSR count). The maximum absolute atomic E-state index is 11.3. The van der Waals surface area contributed by atoms with Gasteiger partial charge in [0.1, 0.15) is 6.54 Å². The number of benzene rings is 1. The predicted octanol–water partition coefficient (Wildman–Crippen LogP) is 0.125. The van der Waals surface area contributed by atoms with Gasteiger partial charge in [-0.2, -0.15) is 5.06 Å². The molecular formula is C12H19N3O2. The second kappa shape index (κ2) is 7.78. The van der Waals surface area contributed by atoms with Crippen molar-refractivity contribution in [2.75, 3.05) is 26.7 Å². The van der Waals surface area contributed by atoms with Gasteiger partial charge < -0.3 is 11.1 Å². The standard InChI is InChI=1S/C12H19N3O2/c1-15(9-12(16)14-8-7-13)17-10-11-5-3-2-4-6-11/h2-6H,7-10,13H2,1H3,(H,14,16). The summed E-state index contributed by atoms with van der Waals surface area (Å²) in [7, 11) is 1.73. The van der Waals surface area contributed by atoms with Crippen LogP contribution in [0.1, 0.15) is 5.56 Å². The van der Waals surface area contributed by atoms with Gasteiger partial charge in [0.05, 0.1) is 6.61 Å². The summed E-state index contributed by atoms with van der Waals surface area (Å²) in [6, 6.07) is 9.80. The summed E-state index contributed by atoms with van der Waals surface area (Å²) in [5.74, 6) is -0.0917. The smallest absolute Gasteiger partial charge is 0.236 e. The van der Waals surface area contributed by atoms with E-state index in [1.807, 2.05) is 30.3 Å². The molecule has 0 aliphatic rings. The number of carbonyl (C=O) groups is 1. The van der Waals surface area contributed by atoms with Gasteiger partial charge in [0.15, 0.2) is 0 Å². The van der Waals surface area contributed by atoms with E-state index >= 15 is 0 Å². The number of hydroxylamine groups is 2. The van der Waals surface area contributed by atoms with Crippen molar-refractivity contribution in [3.63, 3.8) is 0 Å². The number of carbonyl (C=O) groups excluding carboxylic acids is 1. The van der Waals surface area contributed by atoms with Crippen molar-refractivity contribution in [3.05, 3.63) is 35.9 Å². The molecule has 1 aromatic rings. The van der Waals surface area contributed by atoms with Crippen molar-refractivity contribution in [1.29, 1.82) is 0 Å². The van der Waals surface area contributed by atoms with Crippen LogP contribution >= 0.6 is 0 Å². The molecule has 0 spiro atoms. The third-order valence-electron chi connectivity index (χ3n) is 2.13. The molecule has 94 valence electrons. The Morgan fingerprint density at radius 3 is 2.76 bits per heavy atom. The number of amides is 1. The first-order chi connectivity index (χ1) is 8.22. The van der Waals surface area contributed by atoms with Gasteiger partial charge >= 0.3 is 0 Å². The Balaban J connectivity index is 2.21. The van der Waals surface area contributed by atoms with Crippen molar-refractivity contribution < 1.29 is 9.63 Å². The molecule has 0 aliphatic carbocycles. The Kier molecular flexibility index (Phi) is 6.24. The highest BCUT2D eigenvalue weighted by Gasteiger charge is 2.05. The van der Waals surface area contributed by atoms with Gasteiger partial charge in [-0.1, -0.05) is 30.3 Å². The van der Waals surface area contributed by atoms with Crippen LogP contribution in [0.25, 0.3) is 0 Å². The fourth-order valence-corrected chi connectivity index (χ4v) is 1.27. The lowest BCUT2D eigenvalue weighted by atomic mass is 10.2. The number of likely N-dealkylation sites (N-methyl/N-ethyl adjacent to an activating group) is 1. The maximum Gasteiger partial charge on any atom is 0.236 e. The molecule has 5 nitrogen and oxygen atoms in total. The van der Waals surface area contributed by atoms with Gasteiger partial charge in [0.25, 0.3) is 0 Å². The third-order valence-corrected chi connectivity index (χ3v) is 2.13. The van der Waals surface area contributed by atoms with Crippen molar-refractivity contribution in [1.82, 2.24) is 10.4 Å². The highest BCUT2D eigenvalue weighted by Crippen LogP contribution is 2.01.